The summed E-state index contributed by atoms with van der Waals surface area (Å²) in [7, 11) is 1.76. The summed E-state index contributed by atoms with van der Waals surface area (Å²) in [6, 6.07) is 21.9. The molecular formula is C24H27N3O2S. The summed E-state index contributed by atoms with van der Waals surface area (Å²) in [5.74, 6) is -0.259. The van der Waals surface area contributed by atoms with Crippen molar-refractivity contribution in [2.24, 2.45) is 0 Å². The third-order valence-electron chi connectivity index (χ3n) is 4.86. The number of benzene rings is 3. The standard InChI is InChI=1S/C24H27N3O2S/c1-17(19-13-12-18-8-4-5-9-20(18)14-19)25-23(28)15-27(2)16-24(29)26-21-10-6-7-11-22(21)30-3/h4-14,17H,15-16H2,1-3H3,(H,25,28)(H,26,29). The molecule has 0 bridgehead atoms. The van der Waals surface area contributed by atoms with E-state index in [0.29, 0.717) is 0 Å². The van der Waals surface area contributed by atoms with Crippen LogP contribution in [0, 0.1) is 0 Å². The summed E-state index contributed by atoms with van der Waals surface area (Å²) >= 11 is 1.58. The second-order valence-electron chi connectivity index (χ2n) is 7.32. The lowest BCUT2D eigenvalue weighted by Crippen LogP contribution is -2.39. The van der Waals surface area contributed by atoms with Crippen molar-refractivity contribution in [1.29, 1.82) is 0 Å². The molecule has 0 radical (unpaired) electrons. The Morgan fingerprint density at radius 1 is 0.933 bits per heavy atom. The van der Waals surface area contributed by atoms with Gasteiger partial charge < -0.3 is 10.6 Å². The Bertz CT molecular complexity index is 1040. The number of nitrogens with zero attached hydrogens (tertiary/aromatic N) is 1. The largest absolute Gasteiger partial charge is 0.348 e. The minimum Gasteiger partial charge on any atom is -0.348 e. The summed E-state index contributed by atoms with van der Waals surface area (Å²) in [5, 5.41) is 8.26. The van der Waals surface area contributed by atoms with Crippen molar-refractivity contribution in [3.05, 3.63) is 72.3 Å². The van der Waals surface area contributed by atoms with Crippen molar-refractivity contribution in [2.75, 3.05) is 31.7 Å². The highest BCUT2D eigenvalue weighted by Gasteiger charge is 2.15. The molecular weight excluding hydrogens is 394 g/mol. The average molecular weight is 422 g/mol. The fourth-order valence-electron chi connectivity index (χ4n) is 3.33. The number of carbonyl (C=O) groups excluding carboxylic acids is 2. The van der Waals surface area contributed by atoms with Crippen molar-refractivity contribution in [3.8, 4) is 0 Å². The molecule has 1 atom stereocenters. The lowest BCUT2D eigenvalue weighted by Gasteiger charge is -2.19. The van der Waals surface area contributed by atoms with E-state index in [9.17, 15) is 9.59 Å². The second kappa shape index (κ2) is 10.3. The van der Waals surface area contributed by atoms with Crippen LogP contribution < -0.4 is 10.6 Å². The molecule has 2 N–H and O–H groups in total. The van der Waals surface area contributed by atoms with Gasteiger partial charge in [-0.25, -0.2) is 0 Å². The van der Waals surface area contributed by atoms with Crippen molar-refractivity contribution in [3.63, 3.8) is 0 Å². The minimum absolute atomic E-state index is 0.113. The summed E-state index contributed by atoms with van der Waals surface area (Å²) < 4.78 is 0. The van der Waals surface area contributed by atoms with Gasteiger partial charge in [0.1, 0.15) is 0 Å². The molecule has 0 aliphatic rings. The first kappa shape index (κ1) is 21.9. The van der Waals surface area contributed by atoms with Crippen LogP contribution in [-0.2, 0) is 9.59 Å². The van der Waals surface area contributed by atoms with Crippen LogP contribution in [0.15, 0.2) is 71.6 Å². The van der Waals surface area contributed by atoms with E-state index >= 15 is 0 Å². The maximum Gasteiger partial charge on any atom is 0.238 e. The molecule has 0 aliphatic heterocycles. The molecule has 3 rings (SSSR count). The van der Waals surface area contributed by atoms with Gasteiger partial charge in [0.05, 0.1) is 24.8 Å². The van der Waals surface area contributed by atoms with Gasteiger partial charge in [-0.05, 0) is 54.8 Å². The number of para-hydroxylation sites is 1. The number of anilines is 1. The third-order valence-corrected chi connectivity index (χ3v) is 5.65. The molecule has 30 heavy (non-hydrogen) atoms. The van der Waals surface area contributed by atoms with Crippen LogP contribution in [0.3, 0.4) is 0 Å². The molecule has 0 heterocycles. The molecule has 0 aliphatic carbocycles. The minimum atomic E-state index is -0.144. The fourth-order valence-corrected chi connectivity index (χ4v) is 3.89. The third kappa shape index (κ3) is 5.84. The predicted octanol–water partition coefficient (Wildman–Crippen LogP) is 4.31. The molecule has 1 unspecified atom stereocenters. The number of nitrogens with one attached hydrogen (secondary N) is 2. The molecule has 0 saturated carbocycles. The number of hydrogen-bond acceptors (Lipinski definition) is 4. The number of thioether (sulfide) groups is 1. The van der Waals surface area contributed by atoms with E-state index in [1.807, 2.05) is 55.6 Å². The Labute approximate surface area is 181 Å². The maximum atomic E-state index is 12.5. The summed E-state index contributed by atoms with van der Waals surface area (Å²) in [6.07, 6.45) is 1.97. The predicted molar refractivity (Wildman–Crippen MR) is 125 cm³/mol. The van der Waals surface area contributed by atoms with E-state index in [4.69, 9.17) is 0 Å². The normalized spacial score (nSPS) is 12.0. The molecule has 2 amide bonds. The summed E-state index contributed by atoms with van der Waals surface area (Å²) in [5.41, 5.74) is 1.84. The van der Waals surface area contributed by atoms with Gasteiger partial charge in [-0.1, -0.05) is 48.5 Å². The van der Waals surface area contributed by atoms with Gasteiger partial charge in [0, 0.05) is 4.90 Å². The lowest BCUT2D eigenvalue weighted by molar-refractivity contribution is -0.123. The molecule has 156 valence electrons. The topological polar surface area (TPSA) is 61.4 Å². The Hall–Kier alpha value is -2.83. The fraction of sp³-hybridized carbons (Fsp3) is 0.250. The van der Waals surface area contributed by atoms with E-state index in [2.05, 4.69) is 34.9 Å². The van der Waals surface area contributed by atoms with E-state index in [1.54, 1.807) is 23.7 Å². The summed E-state index contributed by atoms with van der Waals surface area (Å²) in [4.78, 5) is 27.5. The van der Waals surface area contributed by atoms with Crippen molar-refractivity contribution < 1.29 is 9.59 Å². The van der Waals surface area contributed by atoms with Crippen molar-refractivity contribution >= 4 is 40.0 Å². The van der Waals surface area contributed by atoms with Crippen molar-refractivity contribution in [1.82, 2.24) is 10.2 Å². The van der Waals surface area contributed by atoms with Crippen LogP contribution in [0.25, 0.3) is 10.8 Å². The molecule has 6 heteroatoms. The first-order valence-electron chi connectivity index (χ1n) is 9.85. The van der Waals surface area contributed by atoms with Crippen molar-refractivity contribution in [2.45, 2.75) is 17.9 Å². The summed E-state index contributed by atoms with van der Waals surface area (Å²) in [6.45, 7) is 2.25. The molecule has 0 spiro atoms. The zero-order valence-electron chi connectivity index (χ0n) is 17.5. The van der Waals surface area contributed by atoms with E-state index in [1.165, 1.54) is 5.39 Å². The SMILES string of the molecule is CSc1ccccc1NC(=O)CN(C)CC(=O)NC(C)c1ccc2ccccc2c1. The first-order chi connectivity index (χ1) is 14.5. The average Bonchev–Trinajstić information content (AvgIpc) is 2.73. The number of hydrogen-bond donors (Lipinski definition) is 2. The second-order valence-corrected chi connectivity index (χ2v) is 8.16. The molecule has 5 nitrogen and oxygen atoms in total. The van der Waals surface area contributed by atoms with Gasteiger partial charge in [-0.3, -0.25) is 14.5 Å². The van der Waals surface area contributed by atoms with E-state index < -0.39 is 0 Å². The zero-order chi connectivity index (χ0) is 21.5. The van der Waals surface area contributed by atoms with Gasteiger partial charge in [-0.15, -0.1) is 11.8 Å². The van der Waals surface area contributed by atoms with Gasteiger partial charge in [-0.2, -0.15) is 0 Å². The molecule has 3 aromatic carbocycles. The monoisotopic (exact) mass is 421 g/mol. The Balaban J connectivity index is 1.51. The highest BCUT2D eigenvalue weighted by molar-refractivity contribution is 7.98. The number of likely N-dealkylation sites (N-methyl/N-ethyl adjacent to an activating group) is 1. The number of fused-ring (bicyclic) bond motifs is 1. The van der Waals surface area contributed by atoms with Gasteiger partial charge >= 0.3 is 0 Å². The first-order valence-corrected chi connectivity index (χ1v) is 11.1. The highest BCUT2D eigenvalue weighted by atomic mass is 32.2. The van der Waals surface area contributed by atoms with Crippen LogP contribution in [0.5, 0.6) is 0 Å². The smallest absolute Gasteiger partial charge is 0.238 e. The van der Waals surface area contributed by atoms with E-state index in [-0.39, 0.29) is 30.9 Å². The number of carbonyl (C=O) groups is 2. The molecule has 0 aromatic heterocycles. The van der Waals surface area contributed by atoms with Crippen LogP contribution in [-0.4, -0.2) is 43.1 Å². The zero-order valence-corrected chi connectivity index (χ0v) is 18.3. The lowest BCUT2D eigenvalue weighted by atomic mass is 10.0. The quantitative estimate of drug-likeness (QED) is 0.532. The Morgan fingerprint density at radius 2 is 1.60 bits per heavy atom. The van der Waals surface area contributed by atoms with Crippen LogP contribution in [0.2, 0.25) is 0 Å². The number of rotatable bonds is 8. The Kier molecular flexibility index (Phi) is 7.49. The van der Waals surface area contributed by atoms with Crippen LogP contribution in [0.4, 0.5) is 5.69 Å². The molecule has 0 saturated heterocycles. The van der Waals surface area contributed by atoms with Crippen LogP contribution >= 0.6 is 11.8 Å². The van der Waals surface area contributed by atoms with Gasteiger partial charge in [0.15, 0.2) is 0 Å². The van der Waals surface area contributed by atoms with E-state index in [0.717, 1.165) is 21.5 Å². The highest BCUT2D eigenvalue weighted by Crippen LogP contribution is 2.24. The molecule has 3 aromatic rings. The van der Waals surface area contributed by atoms with Gasteiger partial charge in [0.25, 0.3) is 0 Å². The Morgan fingerprint density at radius 3 is 2.37 bits per heavy atom. The van der Waals surface area contributed by atoms with Crippen LogP contribution in [0.1, 0.15) is 18.5 Å². The number of amides is 2. The van der Waals surface area contributed by atoms with Gasteiger partial charge in [0.2, 0.25) is 11.8 Å². The maximum absolute atomic E-state index is 12.5. The molecule has 0 fully saturated rings.